The first-order valence-electron chi connectivity index (χ1n) is 18.4. The number of nitrogens with zero attached hydrogens (tertiary/aromatic N) is 3. The van der Waals surface area contributed by atoms with E-state index in [2.05, 4.69) is 45.3 Å². The van der Waals surface area contributed by atoms with Gasteiger partial charge in [-0.15, -0.1) is 0 Å². The molecule has 5 aromatic carbocycles. The molecule has 1 aliphatic heterocycles. The zero-order valence-corrected chi connectivity index (χ0v) is 30.7. The van der Waals surface area contributed by atoms with Gasteiger partial charge in [0.2, 0.25) is 0 Å². The number of ether oxygens (including phenoxy) is 2. The number of aromatic nitrogens is 2. The molecule has 1 aromatic heterocycles. The summed E-state index contributed by atoms with van der Waals surface area (Å²) in [5, 5.41) is 23.9. The molecule has 0 saturated carbocycles. The molecule has 0 spiro atoms. The average molecular weight is 723 g/mol. The van der Waals surface area contributed by atoms with Crippen LogP contribution in [0.25, 0.3) is 22.2 Å². The lowest BCUT2D eigenvalue weighted by Gasteiger charge is -2.43. The monoisotopic (exact) mass is 722 g/mol. The van der Waals surface area contributed by atoms with E-state index in [1.807, 2.05) is 123 Å². The highest BCUT2D eigenvalue weighted by Crippen LogP contribution is 2.42. The van der Waals surface area contributed by atoms with Gasteiger partial charge in [0.1, 0.15) is 5.69 Å². The van der Waals surface area contributed by atoms with Crippen LogP contribution in [0.3, 0.4) is 0 Å². The summed E-state index contributed by atoms with van der Waals surface area (Å²) >= 11 is 0. The first-order valence-corrected chi connectivity index (χ1v) is 18.4. The Morgan fingerprint density at radius 3 is 2.28 bits per heavy atom. The number of aliphatic hydroxyl groups excluding tert-OH is 2. The number of para-hydroxylation sites is 2. The van der Waals surface area contributed by atoms with Gasteiger partial charge in [-0.05, 0) is 71.6 Å². The van der Waals surface area contributed by atoms with Crippen molar-refractivity contribution in [3.05, 3.63) is 167 Å². The third-order valence-electron chi connectivity index (χ3n) is 10.4. The molecule has 0 radical (unpaired) electrons. The van der Waals surface area contributed by atoms with Crippen LogP contribution in [0.5, 0.6) is 0 Å². The average Bonchev–Trinajstić information content (AvgIpc) is 3.23. The van der Waals surface area contributed by atoms with Crippen LogP contribution < -0.4 is 5.32 Å². The topological polar surface area (TPSA) is 117 Å². The molecule has 1 amide bonds. The van der Waals surface area contributed by atoms with Crippen LogP contribution in [-0.2, 0) is 22.6 Å². The third kappa shape index (κ3) is 8.41. The van der Waals surface area contributed by atoms with E-state index in [0.717, 1.165) is 44.5 Å². The first-order chi connectivity index (χ1) is 26.3. The number of likely N-dealkylation sites (N-methyl/N-ethyl adjacent to an activating group) is 1. The van der Waals surface area contributed by atoms with Crippen molar-refractivity contribution < 1.29 is 24.5 Å². The summed E-state index contributed by atoms with van der Waals surface area (Å²) in [5.74, 6) is -0.299. The minimum atomic E-state index is -0.655. The number of hydrogen-bond acceptors (Lipinski definition) is 8. The second kappa shape index (κ2) is 16.8. The van der Waals surface area contributed by atoms with Crippen LogP contribution in [0.2, 0.25) is 0 Å². The Labute approximate surface area is 316 Å². The van der Waals surface area contributed by atoms with Crippen molar-refractivity contribution in [1.29, 1.82) is 0 Å². The zero-order valence-electron chi connectivity index (χ0n) is 30.7. The van der Waals surface area contributed by atoms with Crippen molar-refractivity contribution in [2.24, 2.45) is 5.92 Å². The van der Waals surface area contributed by atoms with Crippen LogP contribution >= 0.6 is 0 Å². The maximum Gasteiger partial charge on any atom is 0.271 e. The lowest BCUT2D eigenvalue weighted by molar-refractivity contribution is -0.276. The zero-order chi connectivity index (χ0) is 37.6. The molecule has 1 saturated heterocycles. The fourth-order valence-corrected chi connectivity index (χ4v) is 7.01. The molecule has 9 heteroatoms. The van der Waals surface area contributed by atoms with E-state index >= 15 is 0 Å². The fraction of sp³-hybridized carbons (Fsp3) is 0.267. The van der Waals surface area contributed by atoms with Gasteiger partial charge in [-0.1, -0.05) is 110 Å². The van der Waals surface area contributed by atoms with E-state index in [-0.39, 0.29) is 42.4 Å². The van der Waals surface area contributed by atoms with E-state index in [1.54, 1.807) is 0 Å². The number of nitrogens with one attached hydrogen (secondary N) is 1. The van der Waals surface area contributed by atoms with Crippen LogP contribution in [-0.4, -0.2) is 56.7 Å². The van der Waals surface area contributed by atoms with Crippen LogP contribution in [0.1, 0.15) is 70.7 Å². The minimum Gasteiger partial charge on any atom is -0.392 e. The molecule has 9 nitrogen and oxygen atoms in total. The molecular formula is C45H46N4O5. The van der Waals surface area contributed by atoms with Gasteiger partial charge in [0.05, 0.1) is 42.1 Å². The molecule has 2 heterocycles. The third-order valence-corrected chi connectivity index (χ3v) is 10.4. The molecule has 3 N–H and O–H groups in total. The highest BCUT2D eigenvalue weighted by Gasteiger charge is 2.39. The number of carbonyl (C=O) groups excluding carboxylic acids is 1. The highest BCUT2D eigenvalue weighted by molar-refractivity contribution is 5.93. The summed E-state index contributed by atoms with van der Waals surface area (Å²) in [7, 11) is 2.02. The maximum atomic E-state index is 13.0. The van der Waals surface area contributed by atoms with Crippen molar-refractivity contribution in [2.45, 2.75) is 57.6 Å². The number of fused-ring (bicyclic) bond motifs is 1. The molecule has 6 aromatic rings. The molecule has 1 aliphatic rings. The minimum absolute atomic E-state index is 0.0135. The number of amides is 1. The van der Waals surface area contributed by atoms with Crippen molar-refractivity contribution in [1.82, 2.24) is 20.2 Å². The van der Waals surface area contributed by atoms with Gasteiger partial charge in [0, 0.05) is 30.6 Å². The highest BCUT2D eigenvalue weighted by atomic mass is 16.7. The predicted octanol–water partition coefficient (Wildman–Crippen LogP) is 7.56. The largest absolute Gasteiger partial charge is 0.392 e. The Morgan fingerprint density at radius 1 is 0.815 bits per heavy atom. The lowest BCUT2D eigenvalue weighted by atomic mass is 9.89. The quantitative estimate of drug-likeness (QED) is 0.119. The summed E-state index contributed by atoms with van der Waals surface area (Å²) in [6, 6.07) is 41.2. The van der Waals surface area contributed by atoms with Crippen molar-refractivity contribution in [2.75, 3.05) is 13.6 Å². The molecule has 1 fully saturated rings. The van der Waals surface area contributed by atoms with Gasteiger partial charge >= 0.3 is 0 Å². The van der Waals surface area contributed by atoms with E-state index < -0.39 is 12.4 Å². The van der Waals surface area contributed by atoms with Crippen LogP contribution in [0.4, 0.5) is 0 Å². The number of carbonyl (C=O) groups is 1. The number of rotatable bonds is 12. The second-order valence-electron chi connectivity index (χ2n) is 14.1. The molecule has 7 rings (SSSR count). The normalized spacial score (nSPS) is 19.7. The van der Waals surface area contributed by atoms with E-state index in [4.69, 9.17) is 9.47 Å². The Balaban J connectivity index is 1.09. The molecular weight excluding hydrogens is 677 g/mol. The van der Waals surface area contributed by atoms with Crippen molar-refractivity contribution >= 4 is 16.9 Å². The standard InChI is InChI=1S/C45H46N4O5/c1-29-41(27-49(3)30(2)42(51)33-12-5-4-6-13-33)53-45(54-43(29)34-21-19-31(28-50)20-22-34)37-16-10-15-36(24-37)35-14-9-11-32(23-35)25-47-44(52)40-26-46-38-17-7-8-18-39(38)48-40/h4-24,26,29-30,41-43,45,50-51H,25,27-28H2,1-3H3,(H,47,52). The SMILES string of the molecule is CC1C(CN(C)C(C)C(O)c2ccccc2)OC(c2cccc(-c3cccc(CNC(=O)c4cnc5ccccc5n4)c3)c2)OC1c1ccc(CO)cc1. The maximum absolute atomic E-state index is 13.0. The summed E-state index contributed by atoms with van der Waals surface area (Å²) < 4.78 is 13.6. The number of benzene rings is 5. The Kier molecular flexibility index (Phi) is 11.5. The van der Waals surface area contributed by atoms with E-state index in [1.165, 1.54) is 6.20 Å². The lowest BCUT2D eigenvalue weighted by Crippen LogP contribution is -2.46. The molecule has 0 bridgehead atoms. The van der Waals surface area contributed by atoms with Gasteiger partial charge in [-0.25, -0.2) is 4.98 Å². The van der Waals surface area contributed by atoms with Gasteiger partial charge in [-0.3, -0.25) is 14.7 Å². The molecule has 276 valence electrons. The first kappa shape index (κ1) is 37.0. The Hall–Kier alpha value is -5.29. The van der Waals surface area contributed by atoms with E-state index in [9.17, 15) is 15.0 Å². The van der Waals surface area contributed by atoms with Gasteiger partial charge < -0.3 is 25.0 Å². The fourth-order valence-electron chi connectivity index (χ4n) is 7.01. The van der Waals surface area contributed by atoms with E-state index in [0.29, 0.717) is 18.6 Å². The number of aliphatic hydroxyl groups is 2. The summed E-state index contributed by atoms with van der Waals surface area (Å²) in [6.07, 6.45) is -0.294. The summed E-state index contributed by atoms with van der Waals surface area (Å²) in [4.78, 5) is 24.0. The summed E-state index contributed by atoms with van der Waals surface area (Å²) in [6.45, 7) is 5.06. The van der Waals surface area contributed by atoms with Crippen LogP contribution in [0, 0.1) is 5.92 Å². The van der Waals surface area contributed by atoms with Crippen molar-refractivity contribution in [3.8, 4) is 11.1 Å². The molecule has 6 atom stereocenters. The Bertz CT molecular complexity index is 2180. The Morgan fingerprint density at radius 2 is 1.52 bits per heavy atom. The molecule has 54 heavy (non-hydrogen) atoms. The number of hydrogen-bond donors (Lipinski definition) is 3. The predicted molar refractivity (Wildman–Crippen MR) is 209 cm³/mol. The van der Waals surface area contributed by atoms with Gasteiger partial charge in [0.15, 0.2) is 6.29 Å². The molecule has 0 aliphatic carbocycles. The van der Waals surface area contributed by atoms with Gasteiger partial charge in [-0.2, -0.15) is 0 Å². The van der Waals surface area contributed by atoms with Gasteiger partial charge in [0.25, 0.3) is 5.91 Å². The summed E-state index contributed by atoms with van der Waals surface area (Å²) in [5.41, 5.74) is 8.23. The second-order valence-corrected chi connectivity index (χ2v) is 14.1. The molecule has 6 unspecified atom stereocenters. The van der Waals surface area contributed by atoms with Crippen LogP contribution in [0.15, 0.2) is 134 Å². The smallest absolute Gasteiger partial charge is 0.271 e. The van der Waals surface area contributed by atoms with Crippen molar-refractivity contribution in [3.63, 3.8) is 0 Å².